The highest BCUT2D eigenvalue weighted by molar-refractivity contribution is 5.90. The summed E-state index contributed by atoms with van der Waals surface area (Å²) in [6, 6.07) is 4.25. The molecule has 0 unspecified atom stereocenters. The van der Waals surface area contributed by atoms with Gasteiger partial charge in [-0.2, -0.15) is 0 Å². The molecule has 0 fully saturated rings. The van der Waals surface area contributed by atoms with Crippen LogP contribution in [0.25, 0.3) is 17.0 Å². The molecule has 0 spiro atoms. The van der Waals surface area contributed by atoms with Crippen molar-refractivity contribution in [1.29, 1.82) is 0 Å². The topological polar surface area (TPSA) is 117 Å². The van der Waals surface area contributed by atoms with Gasteiger partial charge in [-0.25, -0.2) is 4.79 Å². The maximum Gasteiger partial charge on any atom is 0.346 e. The normalized spacial score (nSPS) is 23.3. The van der Waals surface area contributed by atoms with Crippen molar-refractivity contribution in [2.45, 2.75) is 18.6 Å². The summed E-state index contributed by atoms with van der Waals surface area (Å²) in [6.45, 7) is 1.48. The number of aromatic hydroxyl groups is 1. The smallest absolute Gasteiger partial charge is 0.346 e. The first-order chi connectivity index (χ1) is 10.8. The Kier molecular flexibility index (Phi) is 3.28. The summed E-state index contributed by atoms with van der Waals surface area (Å²) in [5, 5.41) is 30.7. The van der Waals surface area contributed by atoms with Gasteiger partial charge in [-0.15, -0.1) is 0 Å². The number of ether oxygens (including phenoxy) is 1. The van der Waals surface area contributed by atoms with Crippen LogP contribution < -0.4 is 5.43 Å². The summed E-state index contributed by atoms with van der Waals surface area (Å²) < 4.78 is 10.1. The molecule has 0 radical (unpaired) electrons. The molecular formula is C16H14O7. The third-order valence-electron chi connectivity index (χ3n) is 3.99. The second kappa shape index (κ2) is 4.94. The number of aliphatic hydroxyl groups excluding tert-OH is 1. The molecule has 0 saturated heterocycles. The van der Waals surface area contributed by atoms with Gasteiger partial charge in [0.05, 0.1) is 12.7 Å². The minimum Gasteiger partial charge on any atom is -0.507 e. The standard InChI is InChI=1S/C16H14O7/c1-7-6-10-12(16(21,14(7)19)15(20)22-2)13(18)11-8(17)4-3-5-9(11)23-10/h3-6,14,17,19,21H,1-2H3/t14-,16-/m0/s1. The summed E-state index contributed by atoms with van der Waals surface area (Å²) in [5.74, 6) is -1.61. The molecule has 2 atom stereocenters. The van der Waals surface area contributed by atoms with E-state index in [-0.39, 0.29) is 28.1 Å². The fraction of sp³-hybridized carbons (Fsp3) is 0.250. The van der Waals surface area contributed by atoms with Crippen molar-refractivity contribution in [3.05, 3.63) is 45.3 Å². The Hall–Kier alpha value is -2.64. The first kappa shape index (κ1) is 15.3. The van der Waals surface area contributed by atoms with Crippen LogP contribution in [0.2, 0.25) is 0 Å². The Labute approximate surface area is 130 Å². The van der Waals surface area contributed by atoms with Gasteiger partial charge in [0.1, 0.15) is 28.6 Å². The number of benzene rings is 1. The van der Waals surface area contributed by atoms with Gasteiger partial charge in [0.25, 0.3) is 0 Å². The molecule has 2 aromatic rings. The molecule has 1 aliphatic rings. The fourth-order valence-electron chi connectivity index (χ4n) is 2.82. The van der Waals surface area contributed by atoms with Crippen LogP contribution in [0.3, 0.4) is 0 Å². The molecule has 7 nitrogen and oxygen atoms in total. The van der Waals surface area contributed by atoms with Gasteiger partial charge in [0.15, 0.2) is 0 Å². The average molecular weight is 318 g/mol. The van der Waals surface area contributed by atoms with Gasteiger partial charge >= 0.3 is 5.97 Å². The van der Waals surface area contributed by atoms with Crippen LogP contribution in [-0.2, 0) is 15.1 Å². The number of phenolic OH excluding ortho intramolecular Hbond substituents is 1. The Balaban J connectivity index is 2.50. The number of carbonyl (C=O) groups excluding carboxylic acids is 1. The fourth-order valence-corrected chi connectivity index (χ4v) is 2.82. The maximum atomic E-state index is 12.8. The summed E-state index contributed by atoms with van der Waals surface area (Å²) in [6.07, 6.45) is -0.309. The second-order valence-corrected chi connectivity index (χ2v) is 5.37. The minimum atomic E-state index is -2.61. The number of methoxy groups -OCH3 is 1. The predicted molar refractivity (Wildman–Crippen MR) is 79.7 cm³/mol. The van der Waals surface area contributed by atoms with Crippen LogP contribution in [-0.4, -0.2) is 34.5 Å². The van der Waals surface area contributed by atoms with Gasteiger partial charge in [-0.3, -0.25) is 4.79 Å². The average Bonchev–Trinajstić information content (AvgIpc) is 2.51. The number of carbonyl (C=O) groups is 1. The van der Waals surface area contributed by atoms with E-state index in [1.807, 2.05) is 0 Å². The lowest BCUT2D eigenvalue weighted by atomic mass is 9.79. The Morgan fingerprint density at radius 2 is 2.09 bits per heavy atom. The molecule has 0 saturated carbocycles. The van der Waals surface area contributed by atoms with Crippen LogP contribution >= 0.6 is 0 Å². The first-order valence-electron chi connectivity index (χ1n) is 6.78. The van der Waals surface area contributed by atoms with Crippen molar-refractivity contribution < 1.29 is 29.3 Å². The van der Waals surface area contributed by atoms with Crippen LogP contribution in [0.15, 0.2) is 33.0 Å². The number of rotatable bonds is 1. The number of fused-ring (bicyclic) bond motifs is 2. The maximum absolute atomic E-state index is 12.8. The van der Waals surface area contributed by atoms with Crippen molar-refractivity contribution in [3.8, 4) is 5.75 Å². The molecule has 1 aliphatic carbocycles. The quantitative estimate of drug-likeness (QED) is 0.660. The van der Waals surface area contributed by atoms with E-state index < -0.39 is 28.7 Å². The minimum absolute atomic E-state index is 0.0659. The van der Waals surface area contributed by atoms with Gasteiger partial charge in [-0.1, -0.05) is 6.07 Å². The number of esters is 1. The molecule has 1 aromatic heterocycles. The molecular weight excluding hydrogens is 304 g/mol. The molecule has 7 heteroatoms. The zero-order valence-electron chi connectivity index (χ0n) is 12.4. The third-order valence-corrected chi connectivity index (χ3v) is 3.99. The zero-order chi connectivity index (χ0) is 16.9. The van der Waals surface area contributed by atoms with E-state index >= 15 is 0 Å². The van der Waals surface area contributed by atoms with Crippen LogP contribution in [0.1, 0.15) is 18.2 Å². The molecule has 120 valence electrons. The van der Waals surface area contributed by atoms with Crippen molar-refractivity contribution in [2.75, 3.05) is 7.11 Å². The predicted octanol–water partition coefficient (Wildman–Crippen LogP) is 0.637. The Morgan fingerprint density at radius 3 is 2.74 bits per heavy atom. The Bertz CT molecular complexity index is 909. The molecule has 0 amide bonds. The summed E-state index contributed by atoms with van der Waals surface area (Å²) in [7, 11) is 1.03. The van der Waals surface area contributed by atoms with Gasteiger partial charge in [-0.05, 0) is 30.7 Å². The third kappa shape index (κ3) is 1.90. The number of hydrogen-bond donors (Lipinski definition) is 3. The molecule has 3 rings (SSSR count). The highest BCUT2D eigenvalue weighted by Crippen LogP contribution is 2.38. The van der Waals surface area contributed by atoms with E-state index in [0.29, 0.717) is 0 Å². The second-order valence-electron chi connectivity index (χ2n) is 5.37. The van der Waals surface area contributed by atoms with E-state index in [1.165, 1.54) is 31.2 Å². The number of hydrogen-bond acceptors (Lipinski definition) is 7. The van der Waals surface area contributed by atoms with Crippen molar-refractivity contribution in [2.24, 2.45) is 0 Å². The van der Waals surface area contributed by atoms with E-state index in [0.717, 1.165) is 7.11 Å². The SMILES string of the molecule is COC(=O)[C@]1(O)c2c(oc3cccc(O)c3c2=O)C=C(C)[C@@H]1O. The summed E-state index contributed by atoms with van der Waals surface area (Å²) in [5.41, 5.74) is -3.55. The molecule has 23 heavy (non-hydrogen) atoms. The first-order valence-corrected chi connectivity index (χ1v) is 6.78. The van der Waals surface area contributed by atoms with E-state index in [9.17, 15) is 24.9 Å². The van der Waals surface area contributed by atoms with Crippen LogP contribution in [0, 0.1) is 0 Å². The lowest BCUT2D eigenvalue weighted by Gasteiger charge is -2.34. The lowest BCUT2D eigenvalue weighted by Crippen LogP contribution is -2.52. The van der Waals surface area contributed by atoms with Gasteiger partial charge in [0.2, 0.25) is 11.0 Å². The molecule has 0 bridgehead atoms. The van der Waals surface area contributed by atoms with E-state index in [1.54, 1.807) is 0 Å². The van der Waals surface area contributed by atoms with Crippen molar-refractivity contribution >= 4 is 23.0 Å². The number of phenols is 1. The van der Waals surface area contributed by atoms with Gasteiger partial charge in [0, 0.05) is 0 Å². The molecule has 3 N–H and O–H groups in total. The van der Waals surface area contributed by atoms with Crippen molar-refractivity contribution in [3.63, 3.8) is 0 Å². The largest absolute Gasteiger partial charge is 0.507 e. The molecule has 1 heterocycles. The van der Waals surface area contributed by atoms with Crippen LogP contribution in [0.4, 0.5) is 0 Å². The molecule has 0 aliphatic heterocycles. The summed E-state index contributed by atoms with van der Waals surface area (Å²) in [4.78, 5) is 24.8. The summed E-state index contributed by atoms with van der Waals surface area (Å²) >= 11 is 0. The lowest BCUT2D eigenvalue weighted by molar-refractivity contribution is -0.175. The van der Waals surface area contributed by atoms with E-state index in [4.69, 9.17) is 4.42 Å². The van der Waals surface area contributed by atoms with Crippen LogP contribution in [0.5, 0.6) is 5.75 Å². The van der Waals surface area contributed by atoms with Gasteiger partial charge < -0.3 is 24.5 Å². The highest BCUT2D eigenvalue weighted by Gasteiger charge is 2.53. The number of aliphatic hydroxyl groups is 2. The molecule has 1 aromatic carbocycles. The Morgan fingerprint density at radius 1 is 1.39 bits per heavy atom. The zero-order valence-corrected chi connectivity index (χ0v) is 12.4. The van der Waals surface area contributed by atoms with E-state index in [2.05, 4.69) is 4.74 Å². The monoisotopic (exact) mass is 318 g/mol. The highest BCUT2D eigenvalue weighted by atomic mass is 16.5. The van der Waals surface area contributed by atoms with Crippen molar-refractivity contribution in [1.82, 2.24) is 0 Å².